The fourth-order valence-corrected chi connectivity index (χ4v) is 6.28. The number of quaternary nitrogens is 1. The Morgan fingerprint density at radius 3 is 2.04 bits per heavy atom. The van der Waals surface area contributed by atoms with Gasteiger partial charge in [0.2, 0.25) is 5.60 Å². The Morgan fingerprint density at radius 2 is 1.48 bits per heavy atom. The number of alkyl halides is 3. The highest BCUT2D eigenvalue weighted by Gasteiger charge is 2.50. The molecule has 1 amide bonds. The maximum atomic E-state index is 13.7. The number of fused-ring (bicyclic) bond motifs is 4. The van der Waals surface area contributed by atoms with Gasteiger partial charge in [0.1, 0.15) is 12.5 Å². The van der Waals surface area contributed by atoms with Crippen molar-refractivity contribution in [1.29, 1.82) is 0 Å². The van der Waals surface area contributed by atoms with Gasteiger partial charge in [-0.2, -0.15) is 18.3 Å². The molecule has 242 valence electrons. The molecule has 0 aliphatic carbocycles. The maximum Gasteiger partial charge on any atom is 0.430 e. The molecule has 1 atom stereocenters. The van der Waals surface area contributed by atoms with Crippen molar-refractivity contribution < 1.29 is 47.0 Å². The maximum absolute atomic E-state index is 13.7. The zero-order valence-electron chi connectivity index (χ0n) is 24.7. The molecule has 0 unspecified atom stereocenters. The second kappa shape index (κ2) is 13.3. The highest BCUT2D eigenvalue weighted by atomic mass is 19.4. The molecule has 3 aromatic carbocycles. The summed E-state index contributed by atoms with van der Waals surface area (Å²) in [6, 6.07) is 25.5. The molecule has 0 spiro atoms. The van der Waals surface area contributed by atoms with Gasteiger partial charge in [-0.1, -0.05) is 78.9 Å². The van der Waals surface area contributed by atoms with Gasteiger partial charge >= 0.3 is 12.1 Å². The normalized spacial score (nSPS) is 20.8. The van der Waals surface area contributed by atoms with E-state index in [1.54, 1.807) is 24.3 Å². The molecule has 2 bridgehead atoms. The molecule has 10 nitrogen and oxygen atoms in total. The topological polar surface area (TPSA) is 144 Å². The van der Waals surface area contributed by atoms with Crippen molar-refractivity contribution in [2.45, 2.75) is 30.7 Å². The lowest BCUT2D eigenvalue weighted by Crippen LogP contribution is -2.66. The molecule has 3 N–H and O–H groups in total. The van der Waals surface area contributed by atoms with Crippen molar-refractivity contribution in [2.24, 2.45) is 5.92 Å². The number of aliphatic carboxylic acids is 1. The highest BCUT2D eigenvalue weighted by molar-refractivity contribution is 6.04. The molecule has 3 aliphatic heterocycles. The number of amides is 1. The van der Waals surface area contributed by atoms with Crippen LogP contribution >= 0.6 is 0 Å². The van der Waals surface area contributed by atoms with Gasteiger partial charge in [-0.3, -0.25) is 9.89 Å². The van der Waals surface area contributed by atoms with E-state index in [0.717, 1.165) is 47.9 Å². The number of rotatable bonds is 8. The summed E-state index contributed by atoms with van der Waals surface area (Å²) in [5.41, 5.74) is 0.314. The van der Waals surface area contributed by atoms with Crippen LogP contribution in [0.4, 0.5) is 13.2 Å². The Labute approximate surface area is 262 Å². The van der Waals surface area contributed by atoms with E-state index in [1.165, 1.54) is 0 Å². The third-order valence-electron chi connectivity index (χ3n) is 8.77. The van der Waals surface area contributed by atoms with Crippen LogP contribution in [0.25, 0.3) is 10.9 Å². The van der Waals surface area contributed by atoms with Crippen molar-refractivity contribution >= 4 is 28.7 Å². The number of carbonyl (C=O) groups is 3. The summed E-state index contributed by atoms with van der Waals surface area (Å²) in [6.07, 6.45) is -3.58. The third-order valence-corrected chi connectivity index (χ3v) is 8.77. The average Bonchev–Trinajstić information content (AvgIpc) is 3.50. The van der Waals surface area contributed by atoms with Crippen molar-refractivity contribution in [3.63, 3.8) is 0 Å². The van der Waals surface area contributed by atoms with Crippen molar-refractivity contribution in [1.82, 2.24) is 15.5 Å². The second-order valence-electron chi connectivity index (χ2n) is 11.6. The first kappa shape index (κ1) is 32.6. The van der Waals surface area contributed by atoms with Gasteiger partial charge in [-0.05, 0) is 17.2 Å². The number of para-hydroxylation sites is 1. The molecular weight excluding hydrogens is 605 g/mol. The van der Waals surface area contributed by atoms with E-state index in [9.17, 15) is 27.9 Å². The largest absolute Gasteiger partial charge is 0.542 e. The van der Waals surface area contributed by atoms with E-state index >= 15 is 0 Å². The van der Waals surface area contributed by atoms with Crippen molar-refractivity contribution in [3.8, 4) is 0 Å². The molecule has 1 aromatic heterocycles. The molecule has 7 rings (SSSR count). The van der Waals surface area contributed by atoms with E-state index in [-0.39, 0.29) is 17.9 Å². The number of hydrogen-bond donors (Lipinski definition) is 3. The third kappa shape index (κ3) is 6.90. The number of aromatic nitrogens is 2. The second-order valence-corrected chi connectivity index (χ2v) is 11.6. The smallest absolute Gasteiger partial charge is 0.430 e. The number of nitrogens with one attached hydrogen (secondary N) is 2. The first-order valence-corrected chi connectivity index (χ1v) is 14.8. The van der Waals surface area contributed by atoms with Gasteiger partial charge in [0, 0.05) is 24.1 Å². The summed E-state index contributed by atoms with van der Waals surface area (Å²) < 4.78 is 38.5. The van der Waals surface area contributed by atoms with Crippen LogP contribution in [0.1, 0.15) is 34.5 Å². The fraction of sp³-hybridized carbons (Fsp3) is 0.333. The van der Waals surface area contributed by atoms with Crippen molar-refractivity contribution in [3.05, 3.63) is 102 Å². The zero-order valence-corrected chi connectivity index (χ0v) is 24.7. The Hall–Kier alpha value is -4.75. The molecule has 4 aromatic rings. The Morgan fingerprint density at radius 1 is 0.935 bits per heavy atom. The molecule has 0 saturated carbocycles. The lowest BCUT2D eigenvalue weighted by Gasteiger charge is -2.52. The summed E-state index contributed by atoms with van der Waals surface area (Å²) in [4.78, 5) is 35.4. The zero-order chi connectivity index (χ0) is 33.0. The number of esters is 1. The minimum absolute atomic E-state index is 0.198. The minimum Gasteiger partial charge on any atom is -0.542 e. The Bertz CT molecular complexity index is 1630. The molecule has 3 saturated heterocycles. The van der Waals surface area contributed by atoms with Crippen molar-refractivity contribution in [2.75, 3.05) is 32.7 Å². The molecular formula is C33H33F3N4O6. The van der Waals surface area contributed by atoms with Gasteiger partial charge in [0.15, 0.2) is 11.8 Å². The van der Waals surface area contributed by atoms with Crippen LogP contribution in [0.5, 0.6) is 0 Å². The van der Waals surface area contributed by atoms with Gasteiger partial charge in [-0.25, -0.2) is 4.79 Å². The number of carboxylic acid groups (broad SMARTS) is 1. The van der Waals surface area contributed by atoms with Crippen LogP contribution in [0.3, 0.4) is 0 Å². The van der Waals surface area contributed by atoms with Gasteiger partial charge in [0.25, 0.3) is 5.91 Å². The first-order valence-electron chi connectivity index (χ1n) is 14.8. The number of piperidine rings is 3. The van der Waals surface area contributed by atoms with Crippen LogP contribution < -0.4 is 10.4 Å². The van der Waals surface area contributed by atoms with E-state index in [0.29, 0.717) is 29.9 Å². The number of ether oxygens (including phenoxy) is 1. The predicted molar refractivity (Wildman–Crippen MR) is 158 cm³/mol. The summed E-state index contributed by atoms with van der Waals surface area (Å²) in [6.45, 7) is 3.90. The van der Waals surface area contributed by atoms with Crippen LogP contribution in [0, 0.1) is 5.92 Å². The number of carboxylic acids is 1. The monoisotopic (exact) mass is 638 g/mol. The van der Waals surface area contributed by atoms with Gasteiger partial charge in [0.05, 0.1) is 31.7 Å². The summed E-state index contributed by atoms with van der Waals surface area (Å²) in [5, 5.41) is 31.6. The Balaban J connectivity index is 0.000000537. The van der Waals surface area contributed by atoms with E-state index in [1.807, 2.05) is 60.7 Å². The summed E-state index contributed by atoms with van der Waals surface area (Å²) in [7, 11) is 0. The molecule has 3 aliphatic rings. The number of carbonyl (C=O) groups excluding carboxylic acids is 3. The van der Waals surface area contributed by atoms with E-state index < -0.39 is 23.7 Å². The van der Waals surface area contributed by atoms with Crippen LogP contribution in [-0.2, 0) is 19.9 Å². The quantitative estimate of drug-likeness (QED) is 0.199. The van der Waals surface area contributed by atoms with E-state index in [2.05, 4.69) is 15.5 Å². The molecule has 46 heavy (non-hydrogen) atoms. The van der Waals surface area contributed by atoms with Crippen LogP contribution in [-0.4, -0.2) is 82.6 Å². The molecule has 3 fully saturated rings. The highest BCUT2D eigenvalue weighted by Crippen LogP contribution is 2.38. The van der Waals surface area contributed by atoms with Gasteiger partial charge < -0.3 is 29.5 Å². The van der Waals surface area contributed by atoms with Gasteiger partial charge in [-0.15, -0.1) is 0 Å². The minimum atomic E-state index is -5.19. The number of H-pyrrole nitrogens is 1. The standard InChI is InChI=1S/C31H32N4O4.C2HF3O2/c36-29(28-25-13-7-8-14-26(25)33-34-28)32-17-20-35-18-15-22(16-19-35)27(21-35)39-30(37)31(38,23-9-3-1-4-10-23)24-11-5-2-6-12-24;3-2(4,5)1(6)7/h1-14,22,27,38H,15-21H2,(H-,32,33,34,36);(H,6,7)/t22?,27-,35?;/m0./s1. The SMILES string of the molecule is O=C(NCC[N+]12CCC(CC1)[C@@H](OC(=O)C(O)(c1ccccc1)c1ccccc1)C2)c1n[nH]c2ccccc12.O=C([O-])C(F)(F)F. The summed E-state index contributed by atoms with van der Waals surface area (Å²) >= 11 is 0. The van der Waals surface area contributed by atoms with Crippen LogP contribution in [0.15, 0.2) is 84.9 Å². The Kier molecular flexibility index (Phi) is 9.44. The molecule has 13 heteroatoms. The first-order chi connectivity index (χ1) is 21.9. The number of nitrogens with zero attached hydrogens (tertiary/aromatic N) is 2. The summed E-state index contributed by atoms with van der Waals surface area (Å²) in [5.74, 6) is -3.57. The average molecular weight is 639 g/mol. The number of hydrogen-bond acceptors (Lipinski definition) is 7. The molecule has 4 heterocycles. The number of benzene rings is 3. The predicted octanol–water partition coefficient (Wildman–Crippen LogP) is 2.68. The van der Waals surface area contributed by atoms with Crippen LogP contribution in [0.2, 0.25) is 0 Å². The fourth-order valence-electron chi connectivity index (χ4n) is 6.28. The molecule has 0 radical (unpaired) electrons. The number of aromatic amines is 1. The lowest BCUT2D eigenvalue weighted by atomic mass is 9.82. The number of halogens is 3. The lowest BCUT2D eigenvalue weighted by molar-refractivity contribution is -0.945. The van der Waals surface area contributed by atoms with E-state index in [4.69, 9.17) is 14.6 Å². The number of aliphatic hydroxyl groups is 1.